The lowest BCUT2D eigenvalue weighted by atomic mass is 10.0. The van der Waals surface area contributed by atoms with E-state index in [0.29, 0.717) is 6.54 Å². The van der Waals surface area contributed by atoms with Crippen LogP contribution in [0.15, 0.2) is 24.3 Å². The minimum Gasteiger partial charge on any atom is -0.373 e. The summed E-state index contributed by atoms with van der Waals surface area (Å²) in [6.07, 6.45) is 0.504. The fourth-order valence-corrected chi connectivity index (χ4v) is 2.88. The molecule has 1 aromatic carbocycles. The quantitative estimate of drug-likeness (QED) is 0.915. The van der Waals surface area contributed by atoms with Gasteiger partial charge in [0.2, 0.25) is 0 Å². The Balaban J connectivity index is 2.17. The van der Waals surface area contributed by atoms with Gasteiger partial charge in [0, 0.05) is 30.7 Å². The van der Waals surface area contributed by atoms with Crippen LogP contribution < -0.4 is 5.73 Å². The van der Waals surface area contributed by atoms with Crippen molar-refractivity contribution in [3.63, 3.8) is 0 Å². The third kappa shape index (κ3) is 3.23. The Morgan fingerprint density at radius 3 is 2.61 bits per heavy atom. The van der Waals surface area contributed by atoms with Crippen LogP contribution in [0.5, 0.6) is 0 Å². The number of nitrogens with two attached hydrogens (primary N) is 1. The molecular weight excluding hydrogens is 248 g/mol. The Labute approximate surface area is 114 Å². The van der Waals surface area contributed by atoms with Crippen molar-refractivity contribution in [2.24, 2.45) is 5.73 Å². The highest BCUT2D eigenvalue weighted by Crippen LogP contribution is 2.25. The SMILES string of the molecule is C[C@@H]1CN([C@H](CN)c2cccc(Cl)c2)C[C@@H](C)O1. The average molecular weight is 269 g/mol. The maximum Gasteiger partial charge on any atom is 0.0678 e. The van der Waals surface area contributed by atoms with E-state index in [1.807, 2.05) is 18.2 Å². The summed E-state index contributed by atoms with van der Waals surface area (Å²) >= 11 is 6.06. The molecule has 1 aromatic rings. The number of nitrogens with zero attached hydrogens (tertiary/aromatic N) is 1. The molecule has 0 spiro atoms. The molecule has 0 radical (unpaired) electrons. The van der Waals surface area contributed by atoms with Gasteiger partial charge in [-0.2, -0.15) is 0 Å². The van der Waals surface area contributed by atoms with Crippen LogP contribution in [0.1, 0.15) is 25.5 Å². The largest absolute Gasteiger partial charge is 0.373 e. The van der Waals surface area contributed by atoms with E-state index >= 15 is 0 Å². The van der Waals surface area contributed by atoms with Crippen LogP contribution in [-0.4, -0.2) is 36.7 Å². The molecular formula is C14H21ClN2O. The second kappa shape index (κ2) is 6.02. The van der Waals surface area contributed by atoms with Crippen molar-refractivity contribution in [1.82, 2.24) is 4.90 Å². The van der Waals surface area contributed by atoms with Crippen LogP contribution in [0.25, 0.3) is 0 Å². The molecule has 4 heteroatoms. The Kier molecular flexibility index (Phi) is 4.62. The number of hydrogen-bond donors (Lipinski definition) is 1. The molecule has 1 fully saturated rings. The van der Waals surface area contributed by atoms with Gasteiger partial charge in [0.25, 0.3) is 0 Å². The summed E-state index contributed by atoms with van der Waals surface area (Å²) in [4.78, 5) is 2.39. The second-order valence-electron chi connectivity index (χ2n) is 5.02. The zero-order valence-electron chi connectivity index (χ0n) is 11.0. The standard InChI is InChI=1S/C14H21ClN2O/c1-10-8-17(9-11(2)18-10)14(7-16)12-4-3-5-13(15)6-12/h3-6,10-11,14H,7-9,16H2,1-2H3/t10-,11-,14-/m1/s1. The molecule has 1 saturated heterocycles. The van der Waals surface area contributed by atoms with E-state index in [4.69, 9.17) is 22.1 Å². The van der Waals surface area contributed by atoms with Crippen LogP contribution in [0.4, 0.5) is 0 Å². The Morgan fingerprint density at radius 1 is 1.39 bits per heavy atom. The first-order chi connectivity index (χ1) is 8.60. The van der Waals surface area contributed by atoms with Crippen LogP contribution in [0, 0.1) is 0 Å². The van der Waals surface area contributed by atoms with E-state index in [-0.39, 0.29) is 18.2 Å². The molecule has 0 amide bonds. The zero-order valence-corrected chi connectivity index (χ0v) is 11.7. The van der Waals surface area contributed by atoms with Crippen molar-refractivity contribution in [3.8, 4) is 0 Å². The van der Waals surface area contributed by atoms with Crippen molar-refractivity contribution in [3.05, 3.63) is 34.9 Å². The van der Waals surface area contributed by atoms with Gasteiger partial charge in [-0.1, -0.05) is 23.7 Å². The fourth-order valence-electron chi connectivity index (χ4n) is 2.68. The third-order valence-electron chi connectivity index (χ3n) is 3.35. The van der Waals surface area contributed by atoms with E-state index in [1.165, 1.54) is 5.56 Å². The highest BCUT2D eigenvalue weighted by Gasteiger charge is 2.28. The lowest BCUT2D eigenvalue weighted by Gasteiger charge is -2.40. The molecule has 18 heavy (non-hydrogen) atoms. The number of rotatable bonds is 3. The Hall–Kier alpha value is -0.610. The molecule has 0 unspecified atom stereocenters. The average Bonchev–Trinajstić information content (AvgIpc) is 2.28. The van der Waals surface area contributed by atoms with E-state index < -0.39 is 0 Å². The number of ether oxygens (including phenoxy) is 1. The first-order valence-electron chi connectivity index (χ1n) is 6.45. The first-order valence-corrected chi connectivity index (χ1v) is 6.83. The van der Waals surface area contributed by atoms with Gasteiger partial charge in [-0.05, 0) is 31.5 Å². The zero-order chi connectivity index (χ0) is 13.1. The summed E-state index contributed by atoms with van der Waals surface area (Å²) in [6.45, 7) is 6.64. The molecule has 3 atom stereocenters. The third-order valence-corrected chi connectivity index (χ3v) is 3.58. The van der Waals surface area contributed by atoms with Crippen LogP contribution in [0.2, 0.25) is 5.02 Å². The fraction of sp³-hybridized carbons (Fsp3) is 0.571. The summed E-state index contributed by atoms with van der Waals surface area (Å²) in [5.74, 6) is 0. The maximum absolute atomic E-state index is 6.06. The van der Waals surface area contributed by atoms with Crippen molar-refractivity contribution in [2.45, 2.75) is 32.1 Å². The highest BCUT2D eigenvalue weighted by atomic mass is 35.5. The predicted molar refractivity (Wildman–Crippen MR) is 74.8 cm³/mol. The second-order valence-corrected chi connectivity index (χ2v) is 5.45. The molecule has 1 aliphatic rings. The molecule has 3 nitrogen and oxygen atoms in total. The molecule has 0 saturated carbocycles. The molecule has 1 heterocycles. The summed E-state index contributed by atoms with van der Waals surface area (Å²) in [5.41, 5.74) is 7.14. The summed E-state index contributed by atoms with van der Waals surface area (Å²) in [6, 6.07) is 8.19. The maximum atomic E-state index is 6.06. The molecule has 2 rings (SSSR count). The van der Waals surface area contributed by atoms with Gasteiger partial charge in [0.15, 0.2) is 0 Å². The molecule has 0 aromatic heterocycles. The van der Waals surface area contributed by atoms with Gasteiger partial charge in [-0.15, -0.1) is 0 Å². The van der Waals surface area contributed by atoms with Gasteiger partial charge < -0.3 is 10.5 Å². The highest BCUT2D eigenvalue weighted by molar-refractivity contribution is 6.30. The minimum atomic E-state index is 0.220. The molecule has 0 bridgehead atoms. The van der Waals surface area contributed by atoms with Crippen LogP contribution in [0.3, 0.4) is 0 Å². The van der Waals surface area contributed by atoms with Gasteiger partial charge in [-0.3, -0.25) is 4.90 Å². The van der Waals surface area contributed by atoms with Gasteiger partial charge in [0.05, 0.1) is 12.2 Å². The monoisotopic (exact) mass is 268 g/mol. The first kappa shape index (κ1) is 13.8. The van der Waals surface area contributed by atoms with E-state index in [0.717, 1.165) is 18.1 Å². The topological polar surface area (TPSA) is 38.5 Å². The van der Waals surface area contributed by atoms with Crippen molar-refractivity contribution >= 4 is 11.6 Å². The van der Waals surface area contributed by atoms with Gasteiger partial charge in [-0.25, -0.2) is 0 Å². The molecule has 2 N–H and O–H groups in total. The van der Waals surface area contributed by atoms with E-state index in [9.17, 15) is 0 Å². The van der Waals surface area contributed by atoms with Crippen molar-refractivity contribution in [2.75, 3.05) is 19.6 Å². The number of halogens is 1. The van der Waals surface area contributed by atoms with Gasteiger partial charge in [0.1, 0.15) is 0 Å². The van der Waals surface area contributed by atoms with Crippen LogP contribution in [-0.2, 0) is 4.74 Å². The lowest BCUT2D eigenvalue weighted by molar-refractivity contribution is -0.0799. The molecule has 1 aliphatic heterocycles. The molecule has 0 aliphatic carbocycles. The normalized spacial score (nSPS) is 27.1. The van der Waals surface area contributed by atoms with Crippen molar-refractivity contribution in [1.29, 1.82) is 0 Å². The van der Waals surface area contributed by atoms with E-state index in [2.05, 4.69) is 24.8 Å². The van der Waals surface area contributed by atoms with Gasteiger partial charge >= 0.3 is 0 Å². The minimum absolute atomic E-state index is 0.220. The lowest BCUT2D eigenvalue weighted by Crippen LogP contribution is -2.48. The number of morpholine rings is 1. The smallest absolute Gasteiger partial charge is 0.0678 e. The predicted octanol–water partition coefficient (Wildman–Crippen LogP) is 2.45. The summed E-state index contributed by atoms with van der Waals surface area (Å²) < 4.78 is 5.76. The molecule has 100 valence electrons. The Bertz CT molecular complexity index is 389. The van der Waals surface area contributed by atoms with Crippen LogP contribution >= 0.6 is 11.6 Å². The summed E-state index contributed by atoms with van der Waals surface area (Å²) in [7, 11) is 0. The summed E-state index contributed by atoms with van der Waals surface area (Å²) in [5, 5.41) is 0.764. The van der Waals surface area contributed by atoms with Crippen molar-refractivity contribution < 1.29 is 4.74 Å². The van der Waals surface area contributed by atoms with E-state index in [1.54, 1.807) is 0 Å². The number of benzene rings is 1. The Morgan fingerprint density at radius 2 is 2.06 bits per heavy atom. The number of hydrogen-bond acceptors (Lipinski definition) is 3.